The molecule has 7 nitrogen and oxygen atoms in total. The fourth-order valence-corrected chi connectivity index (χ4v) is 4.28. The summed E-state index contributed by atoms with van der Waals surface area (Å²) in [6.07, 6.45) is 1.34. The third-order valence-electron chi connectivity index (χ3n) is 5.98. The van der Waals surface area contributed by atoms with E-state index in [1.807, 2.05) is 49.3 Å². The highest BCUT2D eigenvalue weighted by Gasteiger charge is 2.45. The Morgan fingerprint density at radius 2 is 1.94 bits per heavy atom. The van der Waals surface area contributed by atoms with E-state index < -0.39 is 17.7 Å². The Morgan fingerprint density at radius 1 is 1.19 bits per heavy atom. The standard InChI is InChI=1S/C25H28N2O5/c1-26(2)19-8-5-16(6-9-19)22-21(24(29)25(30)27(22)12-4-13-31-3)23(28)18-7-10-20-17(15-18)11-14-32-20/h5-10,15,22,28H,4,11-14H2,1-3H3/b23-21-. The van der Waals surface area contributed by atoms with Gasteiger partial charge in [0.05, 0.1) is 18.2 Å². The molecular formula is C25H28N2O5. The molecule has 168 valence electrons. The Kier molecular flexibility index (Phi) is 6.19. The van der Waals surface area contributed by atoms with Gasteiger partial charge in [-0.15, -0.1) is 0 Å². The van der Waals surface area contributed by atoms with E-state index in [0.717, 1.165) is 29.0 Å². The van der Waals surface area contributed by atoms with Crippen molar-refractivity contribution in [3.63, 3.8) is 0 Å². The van der Waals surface area contributed by atoms with Crippen LogP contribution >= 0.6 is 0 Å². The second-order valence-corrected chi connectivity index (χ2v) is 8.25. The first-order valence-electron chi connectivity index (χ1n) is 10.7. The summed E-state index contributed by atoms with van der Waals surface area (Å²) < 4.78 is 10.7. The van der Waals surface area contributed by atoms with Gasteiger partial charge in [-0.25, -0.2) is 0 Å². The summed E-state index contributed by atoms with van der Waals surface area (Å²) in [5.41, 5.74) is 3.39. The lowest BCUT2D eigenvalue weighted by Gasteiger charge is -2.26. The van der Waals surface area contributed by atoms with Crippen LogP contribution in [0.2, 0.25) is 0 Å². The lowest BCUT2D eigenvalue weighted by atomic mass is 9.94. The van der Waals surface area contributed by atoms with Gasteiger partial charge >= 0.3 is 0 Å². The van der Waals surface area contributed by atoms with Gasteiger partial charge in [-0.3, -0.25) is 9.59 Å². The number of fused-ring (bicyclic) bond motifs is 1. The first-order chi connectivity index (χ1) is 15.4. The maximum Gasteiger partial charge on any atom is 0.295 e. The topological polar surface area (TPSA) is 79.3 Å². The number of likely N-dealkylation sites (tertiary alicyclic amines) is 1. The van der Waals surface area contributed by atoms with E-state index in [1.54, 1.807) is 19.2 Å². The van der Waals surface area contributed by atoms with Crippen LogP contribution in [0, 0.1) is 0 Å². The number of hydrogen-bond acceptors (Lipinski definition) is 6. The number of nitrogens with zero attached hydrogens (tertiary/aromatic N) is 2. The first-order valence-corrected chi connectivity index (χ1v) is 10.7. The number of aliphatic hydroxyl groups is 1. The van der Waals surface area contributed by atoms with E-state index in [4.69, 9.17) is 9.47 Å². The van der Waals surface area contributed by atoms with E-state index >= 15 is 0 Å². The highest BCUT2D eigenvalue weighted by atomic mass is 16.5. The van der Waals surface area contributed by atoms with Crippen LogP contribution in [-0.4, -0.2) is 62.7 Å². The molecule has 1 unspecified atom stereocenters. The molecule has 0 saturated carbocycles. The smallest absolute Gasteiger partial charge is 0.295 e. The number of amides is 1. The number of aliphatic hydroxyl groups excluding tert-OH is 1. The minimum absolute atomic E-state index is 0.115. The number of ether oxygens (including phenoxy) is 2. The molecule has 7 heteroatoms. The summed E-state index contributed by atoms with van der Waals surface area (Å²) in [4.78, 5) is 29.6. The Morgan fingerprint density at radius 3 is 2.62 bits per heavy atom. The fourth-order valence-electron chi connectivity index (χ4n) is 4.28. The van der Waals surface area contributed by atoms with E-state index in [-0.39, 0.29) is 11.3 Å². The maximum atomic E-state index is 13.1. The van der Waals surface area contributed by atoms with Crippen LogP contribution in [0.15, 0.2) is 48.0 Å². The van der Waals surface area contributed by atoms with Gasteiger partial charge in [-0.1, -0.05) is 12.1 Å². The van der Waals surface area contributed by atoms with Crippen LogP contribution in [0.3, 0.4) is 0 Å². The molecule has 2 heterocycles. The van der Waals surface area contributed by atoms with Gasteiger partial charge < -0.3 is 24.4 Å². The zero-order valence-corrected chi connectivity index (χ0v) is 18.6. The highest BCUT2D eigenvalue weighted by molar-refractivity contribution is 6.46. The van der Waals surface area contributed by atoms with Gasteiger partial charge in [0.1, 0.15) is 11.5 Å². The Labute approximate surface area is 187 Å². The molecule has 1 N–H and O–H groups in total. The van der Waals surface area contributed by atoms with E-state index in [2.05, 4.69) is 0 Å². The Balaban J connectivity index is 1.79. The monoisotopic (exact) mass is 436 g/mol. The molecule has 2 aromatic carbocycles. The number of rotatable bonds is 7. The zero-order valence-electron chi connectivity index (χ0n) is 18.6. The van der Waals surface area contributed by atoms with Gasteiger partial charge in [-0.05, 0) is 47.9 Å². The molecule has 1 saturated heterocycles. The van der Waals surface area contributed by atoms with Crippen molar-refractivity contribution in [3.05, 3.63) is 64.7 Å². The predicted octanol–water partition coefficient (Wildman–Crippen LogP) is 3.15. The van der Waals surface area contributed by atoms with Crippen LogP contribution in [0.4, 0.5) is 5.69 Å². The largest absolute Gasteiger partial charge is 0.507 e. The number of hydrogen-bond donors (Lipinski definition) is 1. The molecule has 2 aromatic rings. The number of benzene rings is 2. The summed E-state index contributed by atoms with van der Waals surface area (Å²) in [7, 11) is 5.50. The van der Waals surface area contributed by atoms with E-state index in [0.29, 0.717) is 31.7 Å². The first kappa shape index (κ1) is 21.9. The molecule has 0 spiro atoms. The summed E-state index contributed by atoms with van der Waals surface area (Å²) in [6.45, 7) is 1.43. The molecule has 1 fully saturated rings. The normalized spacial score (nSPS) is 19.2. The number of Topliss-reactive ketones (excluding diaryl/α,β-unsaturated/α-hetero) is 1. The van der Waals surface area contributed by atoms with E-state index in [9.17, 15) is 14.7 Å². The van der Waals surface area contributed by atoms with Crippen LogP contribution in [0.25, 0.3) is 5.76 Å². The average Bonchev–Trinajstić information content (AvgIpc) is 3.36. The minimum Gasteiger partial charge on any atom is -0.507 e. The van der Waals surface area contributed by atoms with Crippen LogP contribution in [-0.2, 0) is 20.7 Å². The predicted molar refractivity (Wildman–Crippen MR) is 122 cm³/mol. The van der Waals surface area contributed by atoms with Gasteiger partial charge in [0.15, 0.2) is 0 Å². The Bertz CT molecular complexity index is 1060. The zero-order chi connectivity index (χ0) is 22.8. The molecule has 1 amide bonds. The lowest BCUT2D eigenvalue weighted by molar-refractivity contribution is -0.140. The number of ketones is 1. The summed E-state index contributed by atoms with van der Waals surface area (Å²) in [6, 6.07) is 12.4. The van der Waals surface area contributed by atoms with Gasteiger partial charge in [0, 0.05) is 52.0 Å². The van der Waals surface area contributed by atoms with Gasteiger partial charge in [0.2, 0.25) is 0 Å². The SMILES string of the molecule is COCCCN1C(=O)C(=O)/C(=C(\O)c2ccc3c(c2)CCO3)C1c1ccc(N(C)C)cc1. The van der Waals surface area contributed by atoms with Crippen molar-refractivity contribution < 1.29 is 24.2 Å². The number of methoxy groups -OCH3 is 1. The van der Waals surface area contributed by atoms with Gasteiger partial charge in [0.25, 0.3) is 11.7 Å². The number of carbonyl (C=O) groups is 2. The maximum absolute atomic E-state index is 13.1. The van der Waals surface area contributed by atoms with Gasteiger partial charge in [-0.2, -0.15) is 0 Å². The van der Waals surface area contributed by atoms with Crippen LogP contribution in [0.1, 0.15) is 29.2 Å². The van der Waals surface area contributed by atoms with Crippen molar-refractivity contribution in [2.75, 3.05) is 45.9 Å². The molecule has 4 rings (SSSR count). The van der Waals surface area contributed by atoms with Crippen LogP contribution in [0.5, 0.6) is 5.75 Å². The lowest BCUT2D eigenvalue weighted by Crippen LogP contribution is -2.31. The fraction of sp³-hybridized carbons (Fsp3) is 0.360. The molecule has 2 aliphatic heterocycles. The number of carbonyl (C=O) groups excluding carboxylic acids is 2. The second kappa shape index (κ2) is 9.04. The third kappa shape index (κ3) is 3.96. The molecule has 1 atom stereocenters. The van der Waals surface area contributed by atoms with Crippen molar-refractivity contribution in [1.29, 1.82) is 0 Å². The molecular weight excluding hydrogens is 408 g/mol. The molecule has 0 bridgehead atoms. The van der Waals surface area contributed by atoms with Crippen molar-refractivity contribution in [2.24, 2.45) is 0 Å². The quantitative estimate of drug-likeness (QED) is 0.311. The molecule has 32 heavy (non-hydrogen) atoms. The summed E-state index contributed by atoms with van der Waals surface area (Å²) in [5, 5.41) is 11.2. The summed E-state index contributed by atoms with van der Waals surface area (Å²) >= 11 is 0. The molecule has 0 radical (unpaired) electrons. The third-order valence-corrected chi connectivity index (χ3v) is 5.98. The molecule has 0 aromatic heterocycles. The molecule has 0 aliphatic carbocycles. The Hall–Kier alpha value is -3.32. The minimum atomic E-state index is -0.668. The van der Waals surface area contributed by atoms with Crippen molar-refractivity contribution >= 4 is 23.1 Å². The number of anilines is 1. The van der Waals surface area contributed by atoms with Crippen molar-refractivity contribution in [3.8, 4) is 5.75 Å². The summed E-state index contributed by atoms with van der Waals surface area (Å²) in [5.74, 6) is -0.640. The highest BCUT2D eigenvalue weighted by Crippen LogP contribution is 2.40. The molecule has 2 aliphatic rings. The van der Waals surface area contributed by atoms with Crippen LogP contribution < -0.4 is 9.64 Å². The second-order valence-electron chi connectivity index (χ2n) is 8.25. The van der Waals surface area contributed by atoms with E-state index in [1.165, 1.54) is 4.90 Å². The van der Waals surface area contributed by atoms with Crippen molar-refractivity contribution in [2.45, 2.75) is 18.9 Å². The van der Waals surface area contributed by atoms with Crippen molar-refractivity contribution in [1.82, 2.24) is 4.90 Å². The average molecular weight is 437 g/mol.